The quantitative estimate of drug-likeness (QED) is 0.419. The molecule has 1 aliphatic heterocycles. The van der Waals surface area contributed by atoms with Gasteiger partial charge in [0.25, 0.3) is 0 Å². The summed E-state index contributed by atoms with van der Waals surface area (Å²) in [5.41, 5.74) is 3.73. The van der Waals surface area contributed by atoms with Gasteiger partial charge in [-0.3, -0.25) is 4.90 Å². The summed E-state index contributed by atoms with van der Waals surface area (Å²) in [6.07, 6.45) is 0.452. The number of hydrogen-bond acceptors (Lipinski definition) is 4. The van der Waals surface area contributed by atoms with Crippen molar-refractivity contribution in [3.05, 3.63) is 105 Å². The molecule has 4 rings (SSSR count). The first-order valence-electron chi connectivity index (χ1n) is 10.8. The zero-order valence-corrected chi connectivity index (χ0v) is 19.5. The Morgan fingerprint density at radius 2 is 1.76 bits per heavy atom. The molecule has 0 aliphatic carbocycles. The molecule has 1 aliphatic rings. The number of hydrogen-bond donors (Lipinski definition) is 1. The van der Waals surface area contributed by atoms with Crippen LogP contribution in [-0.4, -0.2) is 41.0 Å². The van der Waals surface area contributed by atoms with Crippen LogP contribution in [0.3, 0.4) is 0 Å². The summed E-state index contributed by atoms with van der Waals surface area (Å²) in [6, 6.07) is 21.7. The maximum atomic E-state index is 13.4. The SMILES string of the molecule is O[C@H](Cc1ccccc1)CN(Cc1ccc(F)cc1)C[C@@H]1CC(c2ccc(Cl)c(Cl)c2)=NO1. The molecule has 0 unspecified atom stereocenters. The van der Waals surface area contributed by atoms with E-state index in [2.05, 4.69) is 10.1 Å². The largest absolute Gasteiger partial charge is 0.391 e. The van der Waals surface area contributed by atoms with Crippen LogP contribution in [0.5, 0.6) is 0 Å². The monoisotopic (exact) mass is 486 g/mol. The van der Waals surface area contributed by atoms with Gasteiger partial charge in [-0.15, -0.1) is 0 Å². The van der Waals surface area contributed by atoms with Crippen LogP contribution in [0.1, 0.15) is 23.1 Å². The number of aliphatic hydroxyl groups is 1. The third kappa shape index (κ3) is 6.78. The molecule has 0 saturated heterocycles. The fraction of sp³-hybridized carbons (Fsp3) is 0.269. The van der Waals surface area contributed by atoms with E-state index in [1.54, 1.807) is 24.3 Å². The smallest absolute Gasteiger partial charge is 0.145 e. The van der Waals surface area contributed by atoms with Gasteiger partial charge < -0.3 is 9.94 Å². The highest BCUT2D eigenvalue weighted by Crippen LogP contribution is 2.26. The number of oxime groups is 1. The van der Waals surface area contributed by atoms with Gasteiger partial charge in [-0.25, -0.2) is 4.39 Å². The summed E-state index contributed by atoms with van der Waals surface area (Å²) in [5, 5.41) is 16.0. The Morgan fingerprint density at radius 3 is 2.48 bits per heavy atom. The summed E-state index contributed by atoms with van der Waals surface area (Å²) in [4.78, 5) is 7.83. The highest BCUT2D eigenvalue weighted by atomic mass is 35.5. The van der Waals surface area contributed by atoms with Crippen molar-refractivity contribution < 1.29 is 14.3 Å². The lowest BCUT2D eigenvalue weighted by Gasteiger charge is -2.27. The third-order valence-corrected chi connectivity index (χ3v) is 6.29. The van der Waals surface area contributed by atoms with Crippen molar-refractivity contribution in [3.8, 4) is 0 Å². The van der Waals surface area contributed by atoms with Crippen LogP contribution in [0.25, 0.3) is 0 Å². The molecule has 0 radical (unpaired) electrons. The van der Waals surface area contributed by atoms with Crippen molar-refractivity contribution in [1.82, 2.24) is 4.90 Å². The van der Waals surface area contributed by atoms with Crippen LogP contribution in [0.15, 0.2) is 78.0 Å². The van der Waals surface area contributed by atoms with E-state index >= 15 is 0 Å². The van der Waals surface area contributed by atoms with E-state index in [4.69, 9.17) is 28.0 Å². The van der Waals surface area contributed by atoms with Crippen LogP contribution in [0.4, 0.5) is 4.39 Å². The second kappa shape index (κ2) is 11.1. The molecule has 3 aromatic rings. The third-order valence-electron chi connectivity index (χ3n) is 5.55. The van der Waals surface area contributed by atoms with E-state index < -0.39 is 6.10 Å². The maximum absolute atomic E-state index is 13.4. The topological polar surface area (TPSA) is 45.1 Å². The van der Waals surface area contributed by atoms with Crippen molar-refractivity contribution >= 4 is 28.9 Å². The Bertz CT molecular complexity index is 1090. The van der Waals surface area contributed by atoms with Gasteiger partial charge in [-0.1, -0.05) is 76.9 Å². The standard InChI is InChI=1S/C26H25Cl2FN2O2/c27-24-11-8-20(13-25(24)28)26-14-23(33-30-26)17-31(15-19-6-9-21(29)10-7-19)16-22(32)12-18-4-2-1-3-5-18/h1-11,13,22-23,32H,12,14-17H2/t22-,23+/m1/s1. The van der Waals surface area contributed by atoms with Gasteiger partial charge in [0.2, 0.25) is 0 Å². The number of aliphatic hydroxyl groups excluding tert-OH is 1. The second-order valence-corrected chi connectivity index (χ2v) is 9.08. The normalized spacial score (nSPS) is 16.5. The minimum Gasteiger partial charge on any atom is -0.391 e. The lowest BCUT2D eigenvalue weighted by Crippen LogP contribution is -2.38. The lowest BCUT2D eigenvalue weighted by molar-refractivity contribution is 0.0322. The first kappa shape index (κ1) is 23.7. The second-order valence-electron chi connectivity index (χ2n) is 8.26. The molecule has 172 valence electrons. The first-order chi connectivity index (χ1) is 16.0. The van der Waals surface area contributed by atoms with Gasteiger partial charge in [-0.05, 0) is 41.8 Å². The molecule has 4 nitrogen and oxygen atoms in total. The Morgan fingerprint density at radius 1 is 1.00 bits per heavy atom. The van der Waals surface area contributed by atoms with Crippen LogP contribution in [0, 0.1) is 5.82 Å². The van der Waals surface area contributed by atoms with Crippen molar-refractivity contribution in [3.63, 3.8) is 0 Å². The Labute approximate surface area is 203 Å². The van der Waals surface area contributed by atoms with E-state index in [1.807, 2.05) is 36.4 Å². The van der Waals surface area contributed by atoms with Crippen molar-refractivity contribution in [1.29, 1.82) is 0 Å². The van der Waals surface area contributed by atoms with Gasteiger partial charge in [0.05, 0.1) is 21.9 Å². The fourth-order valence-corrected chi connectivity index (χ4v) is 4.26. The van der Waals surface area contributed by atoms with E-state index in [9.17, 15) is 9.50 Å². The highest BCUT2D eigenvalue weighted by molar-refractivity contribution is 6.42. The minimum absolute atomic E-state index is 0.168. The molecule has 0 aromatic heterocycles. The van der Waals surface area contributed by atoms with Gasteiger partial charge in [-0.2, -0.15) is 0 Å². The summed E-state index contributed by atoms with van der Waals surface area (Å²) in [7, 11) is 0. The fourth-order valence-electron chi connectivity index (χ4n) is 3.96. The van der Waals surface area contributed by atoms with E-state index in [1.165, 1.54) is 12.1 Å². The highest BCUT2D eigenvalue weighted by Gasteiger charge is 2.26. The van der Waals surface area contributed by atoms with Gasteiger partial charge in [0.15, 0.2) is 0 Å². The molecule has 0 spiro atoms. The molecule has 0 fully saturated rings. The number of nitrogens with zero attached hydrogens (tertiary/aromatic N) is 2. The van der Waals surface area contributed by atoms with Crippen molar-refractivity contribution in [2.24, 2.45) is 5.16 Å². The van der Waals surface area contributed by atoms with Crippen molar-refractivity contribution in [2.45, 2.75) is 31.6 Å². The van der Waals surface area contributed by atoms with Crippen LogP contribution < -0.4 is 0 Å². The average Bonchev–Trinajstić information content (AvgIpc) is 3.26. The summed E-state index contributed by atoms with van der Waals surface area (Å²) < 4.78 is 13.4. The van der Waals surface area contributed by atoms with Gasteiger partial charge >= 0.3 is 0 Å². The van der Waals surface area contributed by atoms with Gasteiger partial charge in [0, 0.05) is 31.6 Å². The molecule has 0 bridgehead atoms. The zero-order chi connectivity index (χ0) is 23.2. The first-order valence-corrected chi connectivity index (χ1v) is 11.6. The predicted octanol–water partition coefficient (Wildman–Crippen LogP) is 5.73. The molecule has 0 saturated carbocycles. The zero-order valence-electron chi connectivity index (χ0n) is 18.0. The van der Waals surface area contributed by atoms with Crippen LogP contribution >= 0.6 is 23.2 Å². The van der Waals surface area contributed by atoms with Gasteiger partial charge in [0.1, 0.15) is 11.9 Å². The number of halogens is 3. The van der Waals surface area contributed by atoms with E-state index in [-0.39, 0.29) is 11.9 Å². The maximum Gasteiger partial charge on any atom is 0.145 e. The number of benzene rings is 3. The summed E-state index contributed by atoms with van der Waals surface area (Å²) in [5.74, 6) is -0.270. The lowest BCUT2D eigenvalue weighted by atomic mass is 10.0. The van der Waals surface area contributed by atoms with Crippen LogP contribution in [0.2, 0.25) is 10.0 Å². The average molecular weight is 487 g/mol. The molecular weight excluding hydrogens is 462 g/mol. The molecule has 7 heteroatoms. The molecule has 0 amide bonds. The van der Waals surface area contributed by atoms with Crippen LogP contribution in [-0.2, 0) is 17.8 Å². The molecule has 3 aromatic carbocycles. The Hall–Kier alpha value is -2.44. The molecule has 1 heterocycles. The Balaban J connectivity index is 1.41. The Kier molecular flexibility index (Phi) is 7.99. The minimum atomic E-state index is -0.551. The van der Waals surface area contributed by atoms with E-state index in [0.717, 1.165) is 22.4 Å². The van der Waals surface area contributed by atoms with E-state index in [0.29, 0.717) is 42.5 Å². The predicted molar refractivity (Wildman–Crippen MR) is 130 cm³/mol. The number of rotatable bonds is 9. The summed E-state index contributed by atoms with van der Waals surface area (Å²) in [6.45, 7) is 1.58. The molecular formula is C26H25Cl2FN2O2. The van der Waals surface area contributed by atoms with Crippen molar-refractivity contribution in [2.75, 3.05) is 13.1 Å². The molecule has 2 atom stereocenters. The summed E-state index contributed by atoms with van der Waals surface area (Å²) >= 11 is 12.2. The molecule has 1 N–H and O–H groups in total. The molecule has 33 heavy (non-hydrogen) atoms.